The highest BCUT2D eigenvalue weighted by Crippen LogP contribution is 2.33. The Balaban J connectivity index is 1.69. The predicted octanol–water partition coefficient (Wildman–Crippen LogP) is 3.66. The van der Waals surface area contributed by atoms with Gasteiger partial charge in [-0.15, -0.1) is 0 Å². The summed E-state index contributed by atoms with van der Waals surface area (Å²) in [5.41, 5.74) is 6.91. The van der Waals surface area contributed by atoms with Crippen molar-refractivity contribution in [2.24, 2.45) is 0 Å². The molecule has 172 valence electrons. The average molecular weight is 478 g/mol. The lowest BCUT2D eigenvalue weighted by molar-refractivity contribution is 0.425. The number of benzene rings is 1. The van der Waals surface area contributed by atoms with Gasteiger partial charge >= 0.3 is 0 Å². The van der Waals surface area contributed by atoms with Crippen LogP contribution in [0.2, 0.25) is 5.02 Å². The van der Waals surface area contributed by atoms with Crippen molar-refractivity contribution in [2.45, 2.75) is 26.3 Å². The predicted molar refractivity (Wildman–Crippen MR) is 128 cm³/mol. The molecule has 0 aliphatic rings. The summed E-state index contributed by atoms with van der Waals surface area (Å²) in [6.45, 7) is 3.69. The highest BCUT2D eigenvalue weighted by Gasteiger charge is 2.24. The fourth-order valence-corrected chi connectivity index (χ4v) is 4.14. The first kappa shape index (κ1) is 21.6. The van der Waals surface area contributed by atoms with Gasteiger partial charge in [0, 0.05) is 12.3 Å². The number of hydrogen-bond acceptors (Lipinski definition) is 9. The number of nitrogens with zero attached hydrogens (tertiary/aromatic N) is 6. The molecule has 1 atom stereocenters. The number of aryl methyl sites for hydroxylation is 1. The average Bonchev–Trinajstić information content (AvgIpc) is 3.49. The summed E-state index contributed by atoms with van der Waals surface area (Å²) < 4.78 is 6.85. The van der Waals surface area contributed by atoms with E-state index in [-0.39, 0.29) is 23.3 Å². The van der Waals surface area contributed by atoms with E-state index in [1.54, 1.807) is 25.3 Å². The minimum absolute atomic E-state index is 0.186. The zero-order valence-electron chi connectivity index (χ0n) is 18.3. The number of anilines is 2. The summed E-state index contributed by atoms with van der Waals surface area (Å²) in [4.78, 5) is 26.3. The van der Waals surface area contributed by atoms with Crippen LogP contribution < -0.4 is 16.6 Å². The Morgan fingerprint density at radius 1 is 1.29 bits per heavy atom. The Morgan fingerprint density at radius 2 is 2.15 bits per heavy atom. The highest BCUT2D eigenvalue weighted by atomic mass is 35.5. The van der Waals surface area contributed by atoms with E-state index in [1.165, 1.54) is 10.9 Å². The molecule has 0 spiro atoms. The second-order valence-electron chi connectivity index (χ2n) is 7.58. The molecule has 5 rings (SSSR count). The molecular weight excluding hydrogens is 458 g/mol. The number of hydrogen-bond donors (Lipinski definition) is 3. The van der Waals surface area contributed by atoms with Crippen LogP contribution in [0.15, 0.2) is 52.2 Å². The molecule has 0 radical (unpaired) electrons. The minimum Gasteiger partial charge on any atom is -0.383 e. The molecule has 0 fully saturated rings. The third-order valence-corrected chi connectivity index (χ3v) is 5.75. The molecule has 4 N–H and O–H groups in total. The number of nitrogens with two attached hydrogens (primary N) is 1. The van der Waals surface area contributed by atoms with E-state index in [4.69, 9.17) is 21.9 Å². The third-order valence-electron chi connectivity index (χ3n) is 5.43. The van der Waals surface area contributed by atoms with Crippen molar-refractivity contribution in [3.8, 4) is 17.3 Å². The van der Waals surface area contributed by atoms with Gasteiger partial charge in [-0.25, -0.2) is 9.97 Å². The lowest BCUT2D eigenvalue weighted by atomic mass is 10.0. The molecule has 0 amide bonds. The minimum atomic E-state index is -0.371. The number of fused-ring (bicyclic) bond motifs is 1. The number of nitrogens with one attached hydrogen (secondary N) is 2. The SMILES string of the molecule is CCC(Nc1ncnc(N)c1-c1nc(C)no1)c1cc2cccc(Cl)c2c(=O)n1-c1cc[nH]n1. The summed E-state index contributed by atoms with van der Waals surface area (Å²) in [5.74, 6) is 1.68. The van der Waals surface area contributed by atoms with Crippen LogP contribution in [0.4, 0.5) is 11.6 Å². The fourth-order valence-electron chi connectivity index (χ4n) is 3.88. The standard InChI is InChI=1S/C22H20ClN9O2/c1-3-14(29-20-18(19(24)25-10-26-20)21-28-11(2)31-34-21)15-9-12-5-4-6-13(23)17(12)22(33)32(15)16-7-8-27-30-16/h4-10,14H,3H2,1-2H3,(H,27,30)(H3,24,25,26,29). The molecule has 0 aliphatic heterocycles. The van der Waals surface area contributed by atoms with E-state index in [1.807, 2.05) is 25.1 Å². The van der Waals surface area contributed by atoms with E-state index in [9.17, 15) is 4.79 Å². The summed E-state index contributed by atoms with van der Waals surface area (Å²) in [7, 11) is 0. The van der Waals surface area contributed by atoms with Crippen LogP contribution in [0, 0.1) is 6.92 Å². The maximum Gasteiger partial charge on any atom is 0.266 e. The summed E-state index contributed by atoms with van der Waals surface area (Å²) >= 11 is 6.39. The molecule has 5 aromatic rings. The van der Waals surface area contributed by atoms with Crippen molar-refractivity contribution in [3.05, 3.63) is 69.8 Å². The summed E-state index contributed by atoms with van der Waals surface area (Å²) in [6.07, 6.45) is 3.60. The molecule has 4 heterocycles. The Labute approximate surface area is 198 Å². The Morgan fingerprint density at radius 3 is 2.85 bits per heavy atom. The van der Waals surface area contributed by atoms with Crippen LogP contribution in [0.1, 0.15) is 30.9 Å². The number of rotatable bonds is 6. The van der Waals surface area contributed by atoms with Crippen LogP contribution in [0.3, 0.4) is 0 Å². The number of halogens is 1. The number of nitrogen functional groups attached to an aromatic ring is 1. The third kappa shape index (κ3) is 3.65. The molecule has 12 heteroatoms. The monoisotopic (exact) mass is 477 g/mol. The first-order valence-electron chi connectivity index (χ1n) is 10.5. The fraction of sp³-hybridized carbons (Fsp3) is 0.182. The van der Waals surface area contributed by atoms with Gasteiger partial charge in [0.2, 0.25) is 0 Å². The topological polar surface area (TPSA) is 153 Å². The lowest BCUT2D eigenvalue weighted by Crippen LogP contribution is -2.27. The van der Waals surface area contributed by atoms with E-state index in [0.29, 0.717) is 45.5 Å². The van der Waals surface area contributed by atoms with E-state index >= 15 is 0 Å². The summed E-state index contributed by atoms with van der Waals surface area (Å²) in [6, 6.07) is 8.61. The van der Waals surface area contributed by atoms with E-state index in [0.717, 1.165) is 5.39 Å². The van der Waals surface area contributed by atoms with Gasteiger partial charge in [-0.2, -0.15) is 10.1 Å². The normalized spacial score (nSPS) is 12.2. The van der Waals surface area contributed by atoms with Gasteiger partial charge in [0.25, 0.3) is 11.4 Å². The van der Waals surface area contributed by atoms with E-state index in [2.05, 4.69) is 35.6 Å². The van der Waals surface area contributed by atoms with Crippen LogP contribution in [0.5, 0.6) is 0 Å². The zero-order valence-corrected chi connectivity index (χ0v) is 19.0. The molecular formula is C22H20ClN9O2. The highest BCUT2D eigenvalue weighted by molar-refractivity contribution is 6.35. The molecule has 4 aromatic heterocycles. The Hall–Kier alpha value is -4.25. The molecule has 0 bridgehead atoms. The van der Waals surface area contributed by atoms with Crippen LogP contribution in [-0.4, -0.2) is 34.9 Å². The number of pyridine rings is 1. The maximum atomic E-state index is 13.6. The quantitative estimate of drug-likeness (QED) is 0.332. The molecule has 11 nitrogen and oxygen atoms in total. The van der Waals surface area contributed by atoms with Crippen LogP contribution >= 0.6 is 11.6 Å². The van der Waals surface area contributed by atoms with Gasteiger partial charge in [-0.05, 0) is 30.9 Å². The molecule has 0 aliphatic carbocycles. The van der Waals surface area contributed by atoms with Gasteiger partial charge < -0.3 is 15.6 Å². The first-order valence-corrected chi connectivity index (χ1v) is 10.9. The van der Waals surface area contributed by atoms with Crippen molar-refractivity contribution >= 4 is 34.0 Å². The Kier molecular flexibility index (Phi) is 5.46. The second-order valence-corrected chi connectivity index (χ2v) is 7.99. The van der Waals surface area contributed by atoms with Gasteiger partial charge in [-0.1, -0.05) is 35.8 Å². The molecule has 34 heavy (non-hydrogen) atoms. The van der Waals surface area contributed by atoms with Gasteiger partial charge in [0.15, 0.2) is 11.6 Å². The van der Waals surface area contributed by atoms with Crippen LogP contribution in [0.25, 0.3) is 28.0 Å². The van der Waals surface area contributed by atoms with Gasteiger partial charge in [0.1, 0.15) is 23.5 Å². The molecule has 0 saturated heterocycles. The summed E-state index contributed by atoms with van der Waals surface area (Å²) in [5, 5.41) is 15.7. The number of aromatic amines is 1. The van der Waals surface area contributed by atoms with Crippen LogP contribution in [-0.2, 0) is 0 Å². The number of H-pyrrole nitrogens is 1. The largest absolute Gasteiger partial charge is 0.383 e. The molecule has 0 saturated carbocycles. The second kappa shape index (κ2) is 8.60. The van der Waals surface area contributed by atoms with Crippen molar-refractivity contribution in [1.29, 1.82) is 0 Å². The Bertz CT molecular complexity index is 1540. The van der Waals surface area contributed by atoms with E-state index < -0.39 is 0 Å². The van der Waals surface area contributed by atoms with Crippen molar-refractivity contribution < 1.29 is 4.52 Å². The molecule has 1 unspecified atom stereocenters. The lowest BCUT2D eigenvalue weighted by Gasteiger charge is -2.23. The van der Waals surface area contributed by atoms with Crippen molar-refractivity contribution in [1.82, 2.24) is 34.9 Å². The van der Waals surface area contributed by atoms with Gasteiger partial charge in [-0.3, -0.25) is 14.5 Å². The number of aromatic nitrogens is 7. The zero-order chi connectivity index (χ0) is 23.8. The first-order chi connectivity index (χ1) is 16.5. The molecule has 1 aromatic carbocycles. The van der Waals surface area contributed by atoms with Crippen molar-refractivity contribution in [2.75, 3.05) is 11.1 Å². The maximum absolute atomic E-state index is 13.6. The van der Waals surface area contributed by atoms with Crippen molar-refractivity contribution in [3.63, 3.8) is 0 Å². The smallest absolute Gasteiger partial charge is 0.266 e. The van der Waals surface area contributed by atoms with Gasteiger partial charge in [0.05, 0.1) is 22.1 Å².